The van der Waals surface area contributed by atoms with Crippen molar-refractivity contribution in [1.82, 2.24) is 0 Å². The average Bonchev–Trinajstić information content (AvgIpc) is 3.07. The summed E-state index contributed by atoms with van der Waals surface area (Å²) in [6.45, 7) is 4.45. The summed E-state index contributed by atoms with van der Waals surface area (Å²) in [6.07, 6.45) is 7.75. The van der Waals surface area contributed by atoms with E-state index in [0.717, 1.165) is 0 Å². The van der Waals surface area contributed by atoms with E-state index in [1.165, 1.54) is 49.7 Å². The zero-order valence-corrected chi connectivity index (χ0v) is 22.0. The smallest absolute Gasteiger partial charge is 0 e. The molecule has 0 nitrogen and oxygen atoms in total. The number of aryl methyl sites for hydroxylation is 2. The molecule has 2 aromatic carbocycles. The maximum absolute atomic E-state index is 2.23. The van der Waals surface area contributed by atoms with Crippen LogP contribution >= 0.6 is 0 Å². The molecule has 0 N–H and O–H groups in total. The summed E-state index contributed by atoms with van der Waals surface area (Å²) in [6, 6.07) is 17.2. The first-order valence-electron chi connectivity index (χ1n) is 7.28. The molecular weight excluding hydrogens is 451 g/mol. The first kappa shape index (κ1) is 25.9. The van der Waals surface area contributed by atoms with Crippen LogP contribution < -0.4 is 0 Å². The van der Waals surface area contributed by atoms with E-state index in [4.69, 9.17) is 0 Å². The van der Waals surface area contributed by atoms with E-state index >= 15 is 0 Å². The molecule has 0 saturated carbocycles. The zero-order valence-electron chi connectivity index (χ0n) is 14.4. The molecule has 0 aliphatic carbocycles. The first-order valence-corrected chi connectivity index (χ1v) is 7.28. The van der Waals surface area contributed by atoms with Gasteiger partial charge in [-0.1, -0.05) is 52.4 Å². The van der Waals surface area contributed by atoms with Crippen molar-refractivity contribution >= 4 is 21.9 Å². The van der Waals surface area contributed by atoms with Gasteiger partial charge in [0, 0.05) is 25.8 Å². The van der Waals surface area contributed by atoms with Gasteiger partial charge in [0.1, 0.15) is 0 Å². The van der Waals surface area contributed by atoms with Crippen LogP contribution in [0.2, 0.25) is 0 Å². The van der Waals surface area contributed by atoms with Gasteiger partial charge in [0.15, 0.2) is 0 Å². The molecule has 21 heavy (non-hydrogen) atoms. The van der Waals surface area contributed by atoms with Crippen molar-refractivity contribution in [3.63, 3.8) is 0 Å². The third-order valence-corrected chi connectivity index (χ3v) is 3.10. The normalized spacial score (nSPS) is 8.48. The Kier molecular flexibility index (Phi) is 22.3. The second-order valence-electron chi connectivity index (χ2n) is 4.79. The molecular formula is C18H32HfSi2-2. The number of rotatable bonds is 6. The van der Waals surface area contributed by atoms with Crippen LogP contribution in [0.3, 0.4) is 0 Å². The summed E-state index contributed by atoms with van der Waals surface area (Å²) < 4.78 is 0. The summed E-state index contributed by atoms with van der Waals surface area (Å²) in [4.78, 5) is 0. The van der Waals surface area contributed by atoms with Gasteiger partial charge in [-0.3, -0.25) is 0 Å². The quantitative estimate of drug-likeness (QED) is 0.438. The third kappa shape index (κ3) is 13.4. The Morgan fingerprint density at radius 3 is 1.14 bits per heavy atom. The minimum Gasteiger partial charge on any atom is -0.213 e. The van der Waals surface area contributed by atoms with Gasteiger partial charge in [-0.05, 0) is 21.9 Å². The average molecular weight is 483 g/mol. The van der Waals surface area contributed by atoms with Crippen LogP contribution in [-0.4, -0.2) is 21.9 Å². The van der Waals surface area contributed by atoms with Gasteiger partial charge < -0.3 is 0 Å². The summed E-state index contributed by atoms with van der Waals surface area (Å²) in [7, 11) is 0. The van der Waals surface area contributed by atoms with E-state index < -0.39 is 0 Å². The monoisotopic (exact) mass is 484 g/mol. The van der Waals surface area contributed by atoms with Crippen LogP contribution in [0, 0.1) is 0 Å². The maximum Gasteiger partial charge on any atom is 0 e. The summed E-state index contributed by atoms with van der Waals surface area (Å²) in [5.74, 6) is 0. The Morgan fingerprint density at radius 2 is 0.905 bits per heavy atom. The number of hydrogen-bond donors (Lipinski definition) is 0. The van der Waals surface area contributed by atoms with E-state index in [1.807, 2.05) is 0 Å². The molecule has 2 radical (unpaired) electrons. The summed E-state index contributed by atoms with van der Waals surface area (Å²) >= 11 is 0. The van der Waals surface area contributed by atoms with E-state index in [-0.39, 0.29) is 47.8 Å². The summed E-state index contributed by atoms with van der Waals surface area (Å²) in [5, 5.41) is 0. The molecule has 0 spiro atoms. The SMILES string of the molecule is CCCC[c-]1cccc1.CCCC[c-]1cccc1.[Hf].[SiH3].[SiH3]. The Hall–Kier alpha value is 0.00390. The minimum atomic E-state index is 0. The Balaban J connectivity index is -0.000000270. The molecule has 0 amide bonds. The fraction of sp³-hybridized carbons (Fsp3) is 0.444. The second-order valence-corrected chi connectivity index (χ2v) is 4.79. The molecule has 0 heterocycles. The third-order valence-electron chi connectivity index (χ3n) is 3.10. The minimum absolute atomic E-state index is 0. The first-order chi connectivity index (χ1) is 8.86. The van der Waals surface area contributed by atoms with Gasteiger partial charge >= 0.3 is 0 Å². The summed E-state index contributed by atoms with van der Waals surface area (Å²) in [5.41, 5.74) is 2.97. The van der Waals surface area contributed by atoms with Crippen molar-refractivity contribution in [2.45, 2.75) is 52.4 Å². The predicted octanol–water partition coefficient (Wildman–Crippen LogP) is 3.13. The molecule has 0 aromatic heterocycles. The van der Waals surface area contributed by atoms with Crippen LogP contribution in [0.15, 0.2) is 48.5 Å². The molecule has 2 aromatic rings. The zero-order chi connectivity index (χ0) is 13.1. The van der Waals surface area contributed by atoms with Crippen molar-refractivity contribution in [3.8, 4) is 0 Å². The van der Waals surface area contributed by atoms with Gasteiger partial charge in [0.2, 0.25) is 0 Å². The maximum atomic E-state index is 2.23. The van der Waals surface area contributed by atoms with Gasteiger partial charge in [-0.15, -0.1) is 0 Å². The standard InChI is InChI=1S/2C9H13.Hf.2H3Si/c2*1-2-3-6-9-7-4-5-8-9;;;/h2*4-5,7-8H,2-3,6H2,1H3;;2*1H3/q2*-1;;;. The van der Waals surface area contributed by atoms with Gasteiger partial charge in [0.25, 0.3) is 0 Å². The van der Waals surface area contributed by atoms with Crippen LogP contribution in [-0.2, 0) is 38.7 Å². The van der Waals surface area contributed by atoms with Gasteiger partial charge in [0.05, 0.1) is 0 Å². The fourth-order valence-corrected chi connectivity index (χ4v) is 1.92. The van der Waals surface area contributed by atoms with Crippen LogP contribution in [0.25, 0.3) is 0 Å². The van der Waals surface area contributed by atoms with E-state index in [0.29, 0.717) is 0 Å². The molecule has 0 saturated heterocycles. The van der Waals surface area contributed by atoms with E-state index in [1.54, 1.807) is 0 Å². The molecule has 0 fully saturated rings. The van der Waals surface area contributed by atoms with Crippen molar-refractivity contribution in [3.05, 3.63) is 59.7 Å². The topological polar surface area (TPSA) is 0 Å². The Bertz CT molecular complexity index is 328. The molecule has 2 rings (SSSR count). The number of hydrogen-bond acceptors (Lipinski definition) is 0. The Labute approximate surface area is 159 Å². The largest absolute Gasteiger partial charge is 0.213 e. The second kappa shape index (κ2) is 18.1. The van der Waals surface area contributed by atoms with Crippen molar-refractivity contribution < 1.29 is 25.8 Å². The molecule has 0 bridgehead atoms. The predicted molar refractivity (Wildman–Crippen MR) is 101 cm³/mol. The van der Waals surface area contributed by atoms with Gasteiger partial charge in [-0.25, -0.2) is 24.3 Å². The molecule has 0 atom stereocenters. The van der Waals surface area contributed by atoms with Crippen LogP contribution in [0.1, 0.15) is 50.7 Å². The van der Waals surface area contributed by atoms with Crippen molar-refractivity contribution in [1.29, 1.82) is 0 Å². The Morgan fingerprint density at radius 1 is 0.619 bits per heavy atom. The van der Waals surface area contributed by atoms with Crippen LogP contribution in [0.5, 0.6) is 0 Å². The van der Waals surface area contributed by atoms with Gasteiger partial charge in [-0.2, -0.15) is 35.4 Å². The van der Waals surface area contributed by atoms with Crippen molar-refractivity contribution in [2.24, 2.45) is 0 Å². The van der Waals surface area contributed by atoms with E-state index in [9.17, 15) is 0 Å². The molecule has 0 aliphatic heterocycles. The molecule has 0 aliphatic rings. The molecule has 3 heteroatoms. The molecule has 118 valence electrons. The number of unbranched alkanes of at least 4 members (excludes halogenated alkanes) is 2. The van der Waals surface area contributed by atoms with Crippen LogP contribution in [0.4, 0.5) is 0 Å². The van der Waals surface area contributed by atoms with E-state index in [2.05, 4.69) is 62.4 Å². The van der Waals surface area contributed by atoms with Crippen molar-refractivity contribution in [2.75, 3.05) is 0 Å². The fourth-order valence-electron chi connectivity index (χ4n) is 1.92. The molecule has 0 unspecified atom stereocenters.